The normalized spacial score (nSPS) is 10.6. The number of hydrogen-bond acceptors (Lipinski definition) is 7. The molecular formula is C24H31N3O7. The van der Waals surface area contributed by atoms with Crippen molar-refractivity contribution >= 4 is 23.4 Å². The van der Waals surface area contributed by atoms with Gasteiger partial charge in [0.15, 0.2) is 11.5 Å². The lowest BCUT2D eigenvalue weighted by Gasteiger charge is -2.23. The number of anilines is 1. The van der Waals surface area contributed by atoms with E-state index in [1.54, 1.807) is 45.2 Å². The maximum Gasteiger partial charge on any atom is 0.269 e. The van der Waals surface area contributed by atoms with E-state index >= 15 is 0 Å². The van der Waals surface area contributed by atoms with Gasteiger partial charge in [0.1, 0.15) is 5.75 Å². The third-order valence-corrected chi connectivity index (χ3v) is 4.89. The SMILES string of the molecule is COc1ccc(NC(=O)CC(C)(C)CC(=O)NNC(=O)c2cc(OC)c(OC)c(OC)c2)cc1. The van der Waals surface area contributed by atoms with E-state index in [-0.39, 0.29) is 24.3 Å². The predicted molar refractivity (Wildman–Crippen MR) is 126 cm³/mol. The van der Waals surface area contributed by atoms with Gasteiger partial charge in [-0.15, -0.1) is 0 Å². The third kappa shape index (κ3) is 7.29. The Labute approximate surface area is 198 Å². The molecule has 3 amide bonds. The molecule has 2 rings (SSSR count). The number of hydrazine groups is 1. The fourth-order valence-corrected chi connectivity index (χ4v) is 3.27. The lowest BCUT2D eigenvalue weighted by molar-refractivity contribution is -0.124. The fourth-order valence-electron chi connectivity index (χ4n) is 3.27. The number of nitrogens with one attached hydrogen (secondary N) is 3. The molecule has 0 aromatic heterocycles. The van der Waals surface area contributed by atoms with Gasteiger partial charge in [-0.25, -0.2) is 0 Å². The van der Waals surface area contributed by atoms with Crippen LogP contribution in [0.5, 0.6) is 23.0 Å². The maximum absolute atomic E-state index is 12.5. The second-order valence-corrected chi connectivity index (χ2v) is 8.21. The monoisotopic (exact) mass is 473 g/mol. The smallest absolute Gasteiger partial charge is 0.269 e. The minimum absolute atomic E-state index is 0.0125. The van der Waals surface area contributed by atoms with Crippen LogP contribution in [0.4, 0.5) is 5.69 Å². The van der Waals surface area contributed by atoms with Crippen LogP contribution >= 0.6 is 0 Å². The zero-order valence-electron chi connectivity index (χ0n) is 20.2. The highest BCUT2D eigenvalue weighted by atomic mass is 16.5. The average Bonchev–Trinajstić information content (AvgIpc) is 2.81. The largest absolute Gasteiger partial charge is 0.497 e. The number of carbonyl (C=O) groups excluding carboxylic acids is 3. The number of amides is 3. The van der Waals surface area contributed by atoms with Gasteiger partial charge in [-0.2, -0.15) is 0 Å². The van der Waals surface area contributed by atoms with E-state index in [2.05, 4.69) is 16.2 Å². The van der Waals surface area contributed by atoms with Crippen LogP contribution in [0.15, 0.2) is 36.4 Å². The second-order valence-electron chi connectivity index (χ2n) is 8.21. The molecule has 0 bridgehead atoms. The lowest BCUT2D eigenvalue weighted by Crippen LogP contribution is -2.43. The summed E-state index contributed by atoms with van der Waals surface area (Å²) in [6, 6.07) is 9.88. The van der Waals surface area contributed by atoms with Gasteiger partial charge < -0.3 is 24.3 Å². The molecule has 2 aromatic rings. The molecule has 2 aromatic carbocycles. The van der Waals surface area contributed by atoms with Crippen LogP contribution in [-0.2, 0) is 9.59 Å². The summed E-state index contributed by atoms with van der Waals surface area (Å²) in [6.45, 7) is 3.59. The molecule has 34 heavy (non-hydrogen) atoms. The van der Waals surface area contributed by atoms with Crippen molar-refractivity contribution in [2.45, 2.75) is 26.7 Å². The zero-order valence-corrected chi connectivity index (χ0v) is 20.2. The molecule has 0 unspecified atom stereocenters. The van der Waals surface area contributed by atoms with E-state index in [4.69, 9.17) is 18.9 Å². The Bertz CT molecular complexity index is 995. The van der Waals surface area contributed by atoms with E-state index < -0.39 is 17.2 Å². The number of benzene rings is 2. The molecule has 0 radical (unpaired) electrons. The van der Waals surface area contributed by atoms with Gasteiger partial charge >= 0.3 is 0 Å². The van der Waals surface area contributed by atoms with Gasteiger partial charge in [0.25, 0.3) is 5.91 Å². The fraction of sp³-hybridized carbons (Fsp3) is 0.375. The van der Waals surface area contributed by atoms with Crippen molar-refractivity contribution in [3.63, 3.8) is 0 Å². The van der Waals surface area contributed by atoms with Gasteiger partial charge in [-0.05, 0) is 41.8 Å². The first-order valence-electron chi connectivity index (χ1n) is 10.5. The molecule has 0 spiro atoms. The van der Waals surface area contributed by atoms with Crippen molar-refractivity contribution in [2.24, 2.45) is 5.41 Å². The minimum atomic E-state index is -0.655. The molecular weight excluding hydrogens is 442 g/mol. The summed E-state index contributed by atoms with van der Waals surface area (Å²) in [5, 5.41) is 2.80. The van der Waals surface area contributed by atoms with Gasteiger partial charge in [0, 0.05) is 24.1 Å². The van der Waals surface area contributed by atoms with Gasteiger partial charge in [0.05, 0.1) is 28.4 Å². The average molecular weight is 474 g/mol. The Morgan fingerprint density at radius 3 is 1.82 bits per heavy atom. The van der Waals surface area contributed by atoms with E-state index in [0.29, 0.717) is 28.7 Å². The Morgan fingerprint density at radius 1 is 0.765 bits per heavy atom. The maximum atomic E-state index is 12.5. The van der Waals surface area contributed by atoms with Crippen molar-refractivity contribution in [1.29, 1.82) is 0 Å². The van der Waals surface area contributed by atoms with E-state index in [0.717, 1.165) is 0 Å². The molecule has 0 atom stereocenters. The first kappa shape index (κ1) is 26.3. The Kier molecular flexibility index (Phi) is 9.11. The van der Waals surface area contributed by atoms with E-state index in [1.165, 1.54) is 33.5 Å². The summed E-state index contributed by atoms with van der Waals surface area (Å²) in [5.41, 5.74) is 4.92. The highest BCUT2D eigenvalue weighted by molar-refractivity contribution is 5.97. The molecule has 10 nitrogen and oxygen atoms in total. The highest BCUT2D eigenvalue weighted by Crippen LogP contribution is 2.38. The lowest BCUT2D eigenvalue weighted by atomic mass is 9.85. The van der Waals surface area contributed by atoms with E-state index in [9.17, 15) is 14.4 Å². The summed E-state index contributed by atoms with van der Waals surface area (Å²) in [4.78, 5) is 37.3. The standard InChI is InChI=1S/C24H31N3O7/c1-24(2,13-20(28)25-16-7-9-17(31-3)10-8-16)14-21(29)26-27-23(30)15-11-18(32-4)22(34-6)19(12-15)33-5/h7-12H,13-14H2,1-6H3,(H,25,28)(H,26,29)(H,27,30). The molecule has 0 fully saturated rings. The molecule has 184 valence electrons. The molecule has 0 aliphatic rings. The van der Waals surface area contributed by atoms with Crippen LogP contribution in [-0.4, -0.2) is 46.2 Å². The van der Waals surface area contributed by atoms with Crippen molar-refractivity contribution in [3.8, 4) is 23.0 Å². The number of methoxy groups -OCH3 is 4. The van der Waals surface area contributed by atoms with Crippen LogP contribution in [0.1, 0.15) is 37.0 Å². The molecule has 0 saturated carbocycles. The quantitative estimate of drug-likeness (QED) is 0.453. The summed E-state index contributed by atoms with van der Waals surface area (Å²) in [7, 11) is 5.90. The number of rotatable bonds is 10. The number of ether oxygens (including phenoxy) is 4. The van der Waals surface area contributed by atoms with Crippen molar-refractivity contribution < 1.29 is 33.3 Å². The van der Waals surface area contributed by atoms with Crippen LogP contribution in [0.2, 0.25) is 0 Å². The van der Waals surface area contributed by atoms with E-state index in [1.807, 2.05) is 0 Å². The molecule has 10 heteroatoms. The van der Waals surface area contributed by atoms with Crippen molar-refractivity contribution in [1.82, 2.24) is 10.9 Å². The summed E-state index contributed by atoms with van der Waals surface area (Å²) in [5.74, 6) is 0.406. The molecule has 3 N–H and O–H groups in total. The van der Waals surface area contributed by atoms with Crippen LogP contribution in [0.3, 0.4) is 0 Å². The predicted octanol–water partition coefficient (Wildman–Crippen LogP) is 2.93. The Morgan fingerprint density at radius 2 is 1.32 bits per heavy atom. The van der Waals surface area contributed by atoms with Crippen LogP contribution < -0.4 is 35.1 Å². The first-order chi connectivity index (χ1) is 16.1. The second kappa shape index (κ2) is 11.8. The van der Waals surface area contributed by atoms with Gasteiger partial charge in [-0.3, -0.25) is 25.2 Å². The topological polar surface area (TPSA) is 124 Å². The van der Waals surface area contributed by atoms with Gasteiger partial charge in [-0.1, -0.05) is 13.8 Å². The third-order valence-electron chi connectivity index (χ3n) is 4.89. The molecule has 0 aliphatic carbocycles. The zero-order chi connectivity index (χ0) is 25.3. The van der Waals surface area contributed by atoms with Crippen molar-refractivity contribution in [2.75, 3.05) is 33.8 Å². The Balaban J connectivity index is 1.91. The molecule has 0 aliphatic heterocycles. The highest BCUT2D eigenvalue weighted by Gasteiger charge is 2.26. The van der Waals surface area contributed by atoms with Crippen LogP contribution in [0, 0.1) is 5.41 Å². The molecule has 0 saturated heterocycles. The summed E-state index contributed by atoms with van der Waals surface area (Å²) in [6.07, 6.45) is 0.117. The van der Waals surface area contributed by atoms with Gasteiger partial charge in [0.2, 0.25) is 17.6 Å². The minimum Gasteiger partial charge on any atom is -0.497 e. The number of hydrogen-bond donors (Lipinski definition) is 3. The first-order valence-corrected chi connectivity index (χ1v) is 10.5. The molecule has 0 heterocycles. The number of carbonyl (C=O) groups is 3. The Hall–Kier alpha value is -3.95. The van der Waals surface area contributed by atoms with Crippen LogP contribution in [0.25, 0.3) is 0 Å². The summed E-state index contributed by atoms with van der Waals surface area (Å²) < 4.78 is 20.8. The summed E-state index contributed by atoms with van der Waals surface area (Å²) >= 11 is 0. The van der Waals surface area contributed by atoms with Crippen molar-refractivity contribution in [3.05, 3.63) is 42.0 Å².